The summed E-state index contributed by atoms with van der Waals surface area (Å²) in [6, 6.07) is 3.88. The molecule has 4 heterocycles. The molecule has 2 aliphatic rings. The first-order valence-electron chi connectivity index (χ1n) is 9.03. The number of pyridine rings is 1. The summed E-state index contributed by atoms with van der Waals surface area (Å²) in [5, 5.41) is 3.89. The van der Waals surface area contributed by atoms with Crippen LogP contribution in [0, 0.1) is 6.92 Å². The molecule has 0 spiro atoms. The molecule has 134 valence electrons. The maximum Gasteiger partial charge on any atom is 0.261 e. The van der Waals surface area contributed by atoms with Crippen molar-refractivity contribution in [2.45, 2.75) is 44.8 Å². The number of piperidine rings is 1. The molecule has 7 heteroatoms. The van der Waals surface area contributed by atoms with Gasteiger partial charge >= 0.3 is 0 Å². The first-order valence-corrected chi connectivity index (χ1v) is 9.03. The molecule has 2 aromatic heterocycles. The van der Waals surface area contributed by atoms with Crippen LogP contribution in [-0.4, -0.2) is 53.6 Å². The minimum atomic E-state index is 0.293. The van der Waals surface area contributed by atoms with Crippen molar-refractivity contribution in [3.63, 3.8) is 0 Å². The number of hydrogen-bond acceptors (Lipinski definition) is 7. The molecular formula is C18H24N4O3. The Hall–Kier alpha value is -1.99. The van der Waals surface area contributed by atoms with Crippen molar-refractivity contribution < 1.29 is 14.0 Å². The highest BCUT2D eigenvalue weighted by Gasteiger charge is 2.25. The molecule has 2 saturated heterocycles. The van der Waals surface area contributed by atoms with E-state index < -0.39 is 0 Å². The van der Waals surface area contributed by atoms with E-state index in [9.17, 15) is 0 Å². The van der Waals surface area contributed by atoms with Crippen molar-refractivity contribution in [1.29, 1.82) is 0 Å². The minimum absolute atomic E-state index is 0.293. The van der Waals surface area contributed by atoms with Gasteiger partial charge in [-0.05, 0) is 44.7 Å². The Labute approximate surface area is 147 Å². The third-order valence-corrected chi connectivity index (χ3v) is 4.83. The highest BCUT2D eigenvalue weighted by Crippen LogP contribution is 2.30. The van der Waals surface area contributed by atoms with Gasteiger partial charge in [-0.3, -0.25) is 0 Å². The van der Waals surface area contributed by atoms with E-state index in [-0.39, 0.29) is 0 Å². The van der Waals surface area contributed by atoms with Gasteiger partial charge in [0.05, 0.1) is 24.4 Å². The Kier molecular flexibility index (Phi) is 4.94. The average molecular weight is 344 g/mol. The number of hydrogen-bond donors (Lipinski definition) is 0. The van der Waals surface area contributed by atoms with Crippen LogP contribution in [0.5, 0.6) is 0 Å². The van der Waals surface area contributed by atoms with Gasteiger partial charge in [0.1, 0.15) is 5.82 Å². The van der Waals surface area contributed by atoms with E-state index in [2.05, 4.69) is 20.0 Å². The van der Waals surface area contributed by atoms with Gasteiger partial charge in [-0.2, -0.15) is 4.98 Å². The number of anilines is 1. The molecule has 25 heavy (non-hydrogen) atoms. The van der Waals surface area contributed by atoms with Crippen LogP contribution in [0.4, 0.5) is 5.82 Å². The lowest BCUT2D eigenvalue weighted by Crippen LogP contribution is -2.38. The van der Waals surface area contributed by atoms with E-state index in [1.165, 1.54) is 0 Å². The SMILES string of the molecule is Cc1noc(-c2cccnc2N2CCC(OC[C@@H]3CCCO3)CC2)n1. The molecule has 0 aromatic carbocycles. The second kappa shape index (κ2) is 7.49. The third-order valence-electron chi connectivity index (χ3n) is 4.83. The molecule has 0 saturated carbocycles. The fraction of sp³-hybridized carbons (Fsp3) is 0.611. The maximum atomic E-state index is 6.06. The Morgan fingerprint density at radius 3 is 2.88 bits per heavy atom. The molecule has 0 unspecified atom stereocenters. The fourth-order valence-corrected chi connectivity index (χ4v) is 3.48. The smallest absolute Gasteiger partial charge is 0.261 e. The van der Waals surface area contributed by atoms with E-state index in [4.69, 9.17) is 14.0 Å². The van der Waals surface area contributed by atoms with Gasteiger partial charge < -0.3 is 18.9 Å². The second-order valence-corrected chi connectivity index (χ2v) is 6.68. The van der Waals surface area contributed by atoms with Crippen molar-refractivity contribution in [1.82, 2.24) is 15.1 Å². The summed E-state index contributed by atoms with van der Waals surface area (Å²) >= 11 is 0. The molecule has 2 fully saturated rings. The summed E-state index contributed by atoms with van der Waals surface area (Å²) < 4.78 is 17.0. The summed E-state index contributed by atoms with van der Waals surface area (Å²) in [6.07, 6.45) is 6.67. The highest BCUT2D eigenvalue weighted by atomic mass is 16.5. The first-order chi connectivity index (χ1) is 12.3. The number of aromatic nitrogens is 3. The minimum Gasteiger partial charge on any atom is -0.376 e. The van der Waals surface area contributed by atoms with Crippen molar-refractivity contribution in [3.8, 4) is 11.5 Å². The van der Waals surface area contributed by atoms with Gasteiger partial charge in [-0.15, -0.1) is 0 Å². The van der Waals surface area contributed by atoms with Crippen molar-refractivity contribution >= 4 is 5.82 Å². The van der Waals surface area contributed by atoms with Crippen LogP contribution in [0.3, 0.4) is 0 Å². The maximum absolute atomic E-state index is 6.06. The largest absolute Gasteiger partial charge is 0.376 e. The van der Waals surface area contributed by atoms with Crippen LogP contribution < -0.4 is 4.90 Å². The Morgan fingerprint density at radius 2 is 2.16 bits per heavy atom. The zero-order chi connectivity index (χ0) is 17.1. The van der Waals surface area contributed by atoms with Crippen LogP contribution in [0.25, 0.3) is 11.5 Å². The van der Waals surface area contributed by atoms with Crippen molar-refractivity contribution in [3.05, 3.63) is 24.2 Å². The fourth-order valence-electron chi connectivity index (χ4n) is 3.48. The monoisotopic (exact) mass is 344 g/mol. The number of aryl methyl sites for hydroxylation is 1. The number of nitrogens with zero attached hydrogens (tertiary/aromatic N) is 4. The summed E-state index contributed by atoms with van der Waals surface area (Å²) in [7, 11) is 0. The summed E-state index contributed by atoms with van der Waals surface area (Å²) in [6.45, 7) is 5.24. The van der Waals surface area contributed by atoms with E-state index in [0.29, 0.717) is 23.9 Å². The molecular weight excluding hydrogens is 320 g/mol. The van der Waals surface area contributed by atoms with E-state index in [1.54, 1.807) is 0 Å². The summed E-state index contributed by atoms with van der Waals surface area (Å²) in [5.41, 5.74) is 0.891. The first kappa shape index (κ1) is 16.5. The molecule has 1 atom stereocenters. The van der Waals surface area contributed by atoms with Crippen LogP contribution in [-0.2, 0) is 9.47 Å². The molecule has 7 nitrogen and oxygen atoms in total. The van der Waals surface area contributed by atoms with Crippen molar-refractivity contribution in [2.24, 2.45) is 0 Å². The number of rotatable bonds is 5. The third kappa shape index (κ3) is 3.82. The molecule has 0 N–H and O–H groups in total. The molecule has 2 aliphatic heterocycles. The summed E-state index contributed by atoms with van der Waals surface area (Å²) in [5.74, 6) is 2.06. The Morgan fingerprint density at radius 1 is 1.28 bits per heavy atom. The predicted molar refractivity (Wildman–Crippen MR) is 92.4 cm³/mol. The van der Waals surface area contributed by atoms with Gasteiger partial charge in [0.2, 0.25) is 0 Å². The highest BCUT2D eigenvalue weighted by molar-refractivity contribution is 5.69. The van der Waals surface area contributed by atoms with E-state index in [1.807, 2.05) is 25.3 Å². The predicted octanol–water partition coefficient (Wildman–Crippen LogP) is 2.60. The van der Waals surface area contributed by atoms with Crippen LogP contribution in [0.15, 0.2) is 22.9 Å². The lowest BCUT2D eigenvalue weighted by atomic mass is 10.1. The molecule has 0 radical (unpaired) electrons. The van der Waals surface area contributed by atoms with Gasteiger partial charge in [-0.25, -0.2) is 4.98 Å². The topological polar surface area (TPSA) is 73.5 Å². The van der Waals surface area contributed by atoms with E-state index in [0.717, 1.165) is 63.4 Å². The van der Waals surface area contributed by atoms with Gasteiger partial charge in [0.15, 0.2) is 5.82 Å². The van der Waals surface area contributed by atoms with Crippen LogP contribution >= 0.6 is 0 Å². The average Bonchev–Trinajstić information content (AvgIpc) is 3.32. The van der Waals surface area contributed by atoms with E-state index >= 15 is 0 Å². The molecule has 2 aromatic rings. The van der Waals surface area contributed by atoms with Gasteiger partial charge in [0, 0.05) is 25.9 Å². The zero-order valence-corrected chi connectivity index (χ0v) is 14.6. The standard InChI is InChI=1S/C18H24N4O3/c1-13-20-18(25-21-13)16-5-2-8-19-17(16)22-9-6-14(7-10-22)24-12-15-4-3-11-23-15/h2,5,8,14-15H,3-4,6-7,9-12H2,1H3/t15-/m0/s1. The lowest BCUT2D eigenvalue weighted by Gasteiger charge is -2.33. The van der Waals surface area contributed by atoms with Gasteiger partial charge in [0.25, 0.3) is 5.89 Å². The lowest BCUT2D eigenvalue weighted by molar-refractivity contribution is -0.0280. The van der Waals surface area contributed by atoms with Gasteiger partial charge in [-0.1, -0.05) is 5.16 Å². The summed E-state index contributed by atoms with van der Waals surface area (Å²) in [4.78, 5) is 11.2. The van der Waals surface area contributed by atoms with Crippen molar-refractivity contribution in [2.75, 3.05) is 31.2 Å². The molecule has 0 aliphatic carbocycles. The molecule has 4 rings (SSSR count). The van der Waals surface area contributed by atoms with Crippen LogP contribution in [0.2, 0.25) is 0 Å². The molecule has 0 bridgehead atoms. The number of ether oxygens (including phenoxy) is 2. The Balaban J connectivity index is 1.37. The van der Waals surface area contributed by atoms with Crippen LogP contribution in [0.1, 0.15) is 31.5 Å². The zero-order valence-electron chi connectivity index (χ0n) is 14.6. The normalized spacial score (nSPS) is 21.8. The Bertz CT molecular complexity index is 691. The second-order valence-electron chi connectivity index (χ2n) is 6.68. The quantitative estimate of drug-likeness (QED) is 0.825. The molecule has 0 amide bonds.